The molecule has 0 spiro atoms. The van der Waals surface area contributed by atoms with Crippen LogP contribution >= 0.6 is 11.6 Å². The van der Waals surface area contributed by atoms with Crippen LogP contribution < -0.4 is 21.9 Å². The number of nitrogens with one attached hydrogen (secondary N) is 4. The van der Waals surface area contributed by atoms with Gasteiger partial charge in [-0.15, -0.1) is 11.6 Å². The molecule has 1 aliphatic rings. The molecular formula is C9H11ClN4O5S. The third kappa shape index (κ3) is 3.39. The lowest BCUT2D eigenvalue weighted by atomic mass is 10.2. The third-order valence-electron chi connectivity index (χ3n) is 2.67. The van der Waals surface area contributed by atoms with E-state index in [1.165, 1.54) is 0 Å². The summed E-state index contributed by atoms with van der Waals surface area (Å²) < 4.78 is 22.7. The highest BCUT2D eigenvalue weighted by Crippen LogP contribution is 2.17. The first-order valence-corrected chi connectivity index (χ1v) is 7.76. The summed E-state index contributed by atoms with van der Waals surface area (Å²) in [6.45, 7) is 0. The standard InChI is InChI=1S/C9H11ClN4O5S/c10-4-2-20(18,19)3-6(4)13-9(17)12-5-1-11-8(16)14-7(5)15/h1,4,6H,2-3H2,(H2,12,13,17)(H2,11,14,15,16)/t4-,6+/m1/s1. The Morgan fingerprint density at radius 1 is 1.35 bits per heavy atom. The van der Waals surface area contributed by atoms with Gasteiger partial charge in [0.25, 0.3) is 5.56 Å². The molecule has 4 N–H and O–H groups in total. The Kier molecular flexibility index (Phi) is 3.86. The fourth-order valence-electron chi connectivity index (χ4n) is 1.77. The van der Waals surface area contributed by atoms with E-state index in [1.54, 1.807) is 0 Å². The molecule has 1 aromatic heterocycles. The van der Waals surface area contributed by atoms with E-state index in [2.05, 4.69) is 15.6 Å². The van der Waals surface area contributed by atoms with Crippen molar-refractivity contribution in [1.82, 2.24) is 15.3 Å². The molecule has 0 radical (unpaired) electrons. The molecule has 0 aromatic carbocycles. The third-order valence-corrected chi connectivity index (χ3v) is 5.04. The van der Waals surface area contributed by atoms with Gasteiger partial charge in [-0.05, 0) is 0 Å². The summed E-state index contributed by atoms with van der Waals surface area (Å²) in [5, 5.41) is 3.84. The van der Waals surface area contributed by atoms with Gasteiger partial charge in [0, 0.05) is 6.20 Å². The lowest BCUT2D eigenvalue weighted by Gasteiger charge is -2.14. The number of hydrogen-bond donors (Lipinski definition) is 4. The van der Waals surface area contributed by atoms with Crippen molar-refractivity contribution in [2.24, 2.45) is 0 Å². The van der Waals surface area contributed by atoms with Crippen molar-refractivity contribution >= 4 is 33.2 Å². The number of aromatic nitrogens is 2. The summed E-state index contributed by atoms with van der Waals surface area (Å²) in [7, 11) is -3.27. The highest BCUT2D eigenvalue weighted by atomic mass is 35.5. The molecule has 1 fully saturated rings. The molecule has 2 rings (SSSR count). The maximum Gasteiger partial charge on any atom is 0.325 e. The average molecular weight is 323 g/mol. The zero-order valence-corrected chi connectivity index (χ0v) is 11.5. The maximum absolute atomic E-state index is 11.6. The maximum atomic E-state index is 11.6. The van der Waals surface area contributed by atoms with Crippen LogP contribution in [0.25, 0.3) is 0 Å². The Hall–Kier alpha value is -1.81. The first-order chi connectivity index (χ1) is 9.27. The summed E-state index contributed by atoms with van der Waals surface area (Å²) in [6, 6.07) is -1.51. The van der Waals surface area contributed by atoms with Crippen molar-refractivity contribution in [2.45, 2.75) is 11.4 Å². The molecule has 9 nitrogen and oxygen atoms in total. The first kappa shape index (κ1) is 14.6. The Labute approximate surface area is 117 Å². The molecule has 1 saturated heterocycles. The normalized spacial score (nSPS) is 24.2. The average Bonchev–Trinajstić information content (AvgIpc) is 2.56. The minimum atomic E-state index is -3.27. The highest BCUT2D eigenvalue weighted by molar-refractivity contribution is 7.91. The minimum Gasteiger partial charge on any atom is -0.333 e. The van der Waals surface area contributed by atoms with Crippen LogP contribution in [-0.4, -0.2) is 47.3 Å². The van der Waals surface area contributed by atoms with Crippen LogP contribution in [0.5, 0.6) is 0 Å². The molecule has 110 valence electrons. The van der Waals surface area contributed by atoms with Gasteiger partial charge in [0.2, 0.25) is 0 Å². The predicted molar refractivity (Wildman–Crippen MR) is 71.9 cm³/mol. The van der Waals surface area contributed by atoms with Crippen molar-refractivity contribution in [1.29, 1.82) is 0 Å². The molecule has 0 aliphatic carbocycles. The van der Waals surface area contributed by atoms with Crippen LogP contribution in [0.2, 0.25) is 0 Å². The number of urea groups is 1. The Bertz CT molecular complexity index is 739. The summed E-state index contributed by atoms with van der Waals surface area (Å²) >= 11 is 5.82. The van der Waals surface area contributed by atoms with Crippen molar-refractivity contribution in [3.63, 3.8) is 0 Å². The van der Waals surface area contributed by atoms with E-state index >= 15 is 0 Å². The second kappa shape index (κ2) is 5.29. The first-order valence-electron chi connectivity index (χ1n) is 5.51. The Balaban J connectivity index is 2.03. The molecular weight excluding hydrogens is 312 g/mol. The molecule has 1 aliphatic heterocycles. The van der Waals surface area contributed by atoms with Gasteiger partial charge in [0.1, 0.15) is 5.69 Å². The number of amides is 2. The molecule has 0 saturated carbocycles. The van der Waals surface area contributed by atoms with Crippen LogP contribution in [0.3, 0.4) is 0 Å². The Morgan fingerprint density at radius 3 is 2.60 bits per heavy atom. The number of carbonyl (C=O) groups is 1. The second-order valence-corrected chi connectivity index (χ2v) is 7.00. The molecule has 0 unspecified atom stereocenters. The number of anilines is 1. The molecule has 0 bridgehead atoms. The van der Waals surface area contributed by atoms with Crippen LogP contribution in [0.4, 0.5) is 10.5 Å². The SMILES string of the molecule is O=C(Nc1c[nH]c(=O)[nH]c1=O)N[C@H]1CS(=O)(=O)C[C@H]1Cl. The van der Waals surface area contributed by atoms with Crippen LogP contribution in [-0.2, 0) is 9.84 Å². The lowest BCUT2D eigenvalue weighted by molar-refractivity contribution is 0.249. The zero-order valence-electron chi connectivity index (χ0n) is 9.97. The van der Waals surface area contributed by atoms with Crippen molar-refractivity contribution in [3.05, 3.63) is 27.0 Å². The number of alkyl halides is 1. The van der Waals surface area contributed by atoms with Crippen LogP contribution in [0.1, 0.15) is 0 Å². The van der Waals surface area contributed by atoms with Gasteiger partial charge in [0.05, 0.1) is 22.9 Å². The lowest BCUT2D eigenvalue weighted by Crippen LogP contribution is -2.43. The number of halogens is 1. The van der Waals surface area contributed by atoms with Gasteiger partial charge >= 0.3 is 11.7 Å². The van der Waals surface area contributed by atoms with Crippen LogP contribution in [0, 0.1) is 0 Å². The van der Waals surface area contributed by atoms with E-state index in [0.717, 1.165) is 6.20 Å². The van der Waals surface area contributed by atoms with Gasteiger partial charge in [-0.2, -0.15) is 0 Å². The molecule has 1 aromatic rings. The van der Waals surface area contributed by atoms with Gasteiger partial charge in [-0.25, -0.2) is 18.0 Å². The monoisotopic (exact) mass is 322 g/mol. The summed E-state index contributed by atoms with van der Waals surface area (Å²) in [4.78, 5) is 37.9. The summed E-state index contributed by atoms with van der Waals surface area (Å²) in [6.07, 6.45) is 1.03. The van der Waals surface area contributed by atoms with Gasteiger partial charge in [-0.1, -0.05) is 0 Å². The number of hydrogen-bond acceptors (Lipinski definition) is 5. The van der Waals surface area contributed by atoms with E-state index in [4.69, 9.17) is 11.6 Å². The fourth-order valence-corrected chi connectivity index (χ4v) is 4.32. The van der Waals surface area contributed by atoms with Crippen molar-refractivity contribution in [2.75, 3.05) is 16.8 Å². The predicted octanol–water partition coefficient (Wildman–Crippen LogP) is -1.41. The van der Waals surface area contributed by atoms with Gasteiger partial charge in [0.15, 0.2) is 9.84 Å². The Morgan fingerprint density at radius 2 is 2.05 bits per heavy atom. The molecule has 2 amide bonds. The molecule has 2 atom stereocenters. The zero-order chi connectivity index (χ0) is 14.9. The number of carbonyl (C=O) groups excluding carboxylic acids is 1. The van der Waals surface area contributed by atoms with Crippen LogP contribution in [0.15, 0.2) is 15.8 Å². The van der Waals surface area contributed by atoms with E-state index < -0.39 is 38.5 Å². The molecule has 11 heteroatoms. The fraction of sp³-hybridized carbons (Fsp3) is 0.444. The minimum absolute atomic E-state index is 0.172. The van der Waals surface area contributed by atoms with Crippen molar-refractivity contribution < 1.29 is 13.2 Å². The molecule has 2 heterocycles. The number of aromatic amines is 2. The van der Waals surface area contributed by atoms with Gasteiger partial charge in [-0.3, -0.25) is 9.78 Å². The highest BCUT2D eigenvalue weighted by Gasteiger charge is 2.37. The van der Waals surface area contributed by atoms with E-state index in [-0.39, 0.29) is 17.2 Å². The summed E-state index contributed by atoms with van der Waals surface area (Å²) in [5.74, 6) is -0.463. The number of rotatable bonds is 2. The topological polar surface area (TPSA) is 141 Å². The van der Waals surface area contributed by atoms with E-state index in [0.29, 0.717) is 0 Å². The quantitative estimate of drug-likeness (QED) is 0.495. The second-order valence-electron chi connectivity index (χ2n) is 4.28. The van der Waals surface area contributed by atoms with Crippen molar-refractivity contribution in [3.8, 4) is 0 Å². The van der Waals surface area contributed by atoms with E-state index in [1.807, 2.05) is 4.98 Å². The largest absolute Gasteiger partial charge is 0.333 e. The summed E-state index contributed by atoms with van der Waals surface area (Å²) in [5.41, 5.74) is -1.65. The molecule has 20 heavy (non-hydrogen) atoms. The van der Waals surface area contributed by atoms with E-state index in [9.17, 15) is 22.8 Å². The van der Waals surface area contributed by atoms with Gasteiger partial charge < -0.3 is 15.6 Å². The number of sulfone groups is 1. The smallest absolute Gasteiger partial charge is 0.325 e. The number of H-pyrrole nitrogens is 2.